The number of thiophene rings is 1. The minimum Gasteiger partial charge on any atom is -0.481 e. The zero-order chi connectivity index (χ0) is 13.4. The molecule has 0 radical (unpaired) electrons. The van der Waals surface area contributed by atoms with Gasteiger partial charge in [0, 0.05) is 18.3 Å². The third kappa shape index (κ3) is 7.67. The summed E-state index contributed by atoms with van der Waals surface area (Å²) in [6.45, 7) is 1.13. The molecule has 0 aliphatic rings. The fourth-order valence-corrected chi connectivity index (χ4v) is 2.18. The Hall–Kier alpha value is -1.18. The van der Waals surface area contributed by atoms with Crippen LogP contribution < -0.4 is 5.73 Å². The third-order valence-corrected chi connectivity index (χ3v) is 2.98. The fraction of sp³-hybridized carbons (Fsp3) is 0.200. The SMILES string of the molecule is CC(=O)O.NCC(=Cc1ccc(Br)s1)C(=O)O. The summed E-state index contributed by atoms with van der Waals surface area (Å²) >= 11 is 4.76. The van der Waals surface area contributed by atoms with E-state index in [9.17, 15) is 4.79 Å². The van der Waals surface area contributed by atoms with E-state index in [0.717, 1.165) is 15.6 Å². The van der Waals surface area contributed by atoms with Gasteiger partial charge < -0.3 is 15.9 Å². The van der Waals surface area contributed by atoms with Gasteiger partial charge in [0.15, 0.2) is 0 Å². The number of hydrogen-bond acceptors (Lipinski definition) is 4. The summed E-state index contributed by atoms with van der Waals surface area (Å²) in [5.41, 5.74) is 5.49. The number of carboxylic acid groups (broad SMARTS) is 2. The molecule has 0 saturated heterocycles. The highest BCUT2D eigenvalue weighted by molar-refractivity contribution is 9.11. The maximum Gasteiger partial charge on any atom is 0.332 e. The van der Waals surface area contributed by atoms with Crippen molar-refractivity contribution in [1.82, 2.24) is 0 Å². The molecule has 4 N–H and O–H groups in total. The van der Waals surface area contributed by atoms with Crippen molar-refractivity contribution in [1.29, 1.82) is 0 Å². The molecule has 0 atom stereocenters. The molecule has 17 heavy (non-hydrogen) atoms. The molecule has 0 saturated carbocycles. The smallest absolute Gasteiger partial charge is 0.332 e. The Morgan fingerprint density at radius 3 is 2.29 bits per heavy atom. The summed E-state index contributed by atoms with van der Waals surface area (Å²) in [4.78, 5) is 20.5. The highest BCUT2D eigenvalue weighted by Gasteiger charge is 2.05. The highest BCUT2D eigenvalue weighted by Crippen LogP contribution is 2.23. The Labute approximate surface area is 111 Å². The molecule has 0 bridgehead atoms. The number of rotatable bonds is 3. The first kappa shape index (κ1) is 15.8. The molecule has 0 amide bonds. The average molecular weight is 322 g/mol. The summed E-state index contributed by atoms with van der Waals surface area (Å²) in [7, 11) is 0. The fourth-order valence-electron chi connectivity index (χ4n) is 0.786. The van der Waals surface area contributed by atoms with E-state index in [-0.39, 0.29) is 12.1 Å². The van der Waals surface area contributed by atoms with Crippen LogP contribution in [0.25, 0.3) is 6.08 Å². The van der Waals surface area contributed by atoms with Crippen molar-refractivity contribution in [3.63, 3.8) is 0 Å². The Morgan fingerprint density at radius 1 is 1.47 bits per heavy atom. The molecule has 7 heteroatoms. The zero-order valence-electron chi connectivity index (χ0n) is 9.01. The minimum absolute atomic E-state index is 0.0465. The van der Waals surface area contributed by atoms with Crippen LogP contribution in [0, 0.1) is 0 Å². The van der Waals surface area contributed by atoms with Gasteiger partial charge in [-0.1, -0.05) is 0 Å². The summed E-state index contributed by atoms with van der Waals surface area (Å²) in [5.74, 6) is -1.80. The lowest BCUT2D eigenvalue weighted by Gasteiger charge is -1.94. The van der Waals surface area contributed by atoms with Crippen LogP contribution in [0.1, 0.15) is 11.8 Å². The number of carbonyl (C=O) groups is 2. The van der Waals surface area contributed by atoms with Gasteiger partial charge in [0.2, 0.25) is 0 Å². The second-order valence-electron chi connectivity index (χ2n) is 2.84. The molecule has 94 valence electrons. The van der Waals surface area contributed by atoms with Gasteiger partial charge in [-0.05, 0) is 34.1 Å². The summed E-state index contributed by atoms with van der Waals surface area (Å²) in [6, 6.07) is 3.71. The molecule has 0 aliphatic heterocycles. The molecule has 0 aliphatic carbocycles. The maximum absolute atomic E-state index is 10.6. The van der Waals surface area contributed by atoms with Gasteiger partial charge in [-0.2, -0.15) is 0 Å². The van der Waals surface area contributed by atoms with E-state index in [1.165, 1.54) is 11.3 Å². The molecule has 0 unspecified atom stereocenters. The maximum atomic E-state index is 10.6. The van der Waals surface area contributed by atoms with Crippen molar-refractivity contribution >= 4 is 45.3 Å². The van der Waals surface area contributed by atoms with Crippen molar-refractivity contribution < 1.29 is 19.8 Å². The molecule has 1 aromatic rings. The van der Waals surface area contributed by atoms with Crippen LogP contribution in [0.4, 0.5) is 0 Å². The molecular weight excluding hydrogens is 310 g/mol. The van der Waals surface area contributed by atoms with Crippen LogP contribution in [0.2, 0.25) is 0 Å². The molecule has 0 fully saturated rings. The molecule has 1 heterocycles. The summed E-state index contributed by atoms with van der Waals surface area (Å²) in [5, 5.41) is 16.1. The lowest BCUT2D eigenvalue weighted by molar-refractivity contribution is -0.134. The molecule has 5 nitrogen and oxygen atoms in total. The van der Waals surface area contributed by atoms with Gasteiger partial charge in [0.25, 0.3) is 5.97 Å². The van der Waals surface area contributed by atoms with E-state index in [0.29, 0.717) is 0 Å². The van der Waals surface area contributed by atoms with Crippen molar-refractivity contribution in [2.75, 3.05) is 6.54 Å². The largest absolute Gasteiger partial charge is 0.481 e. The van der Waals surface area contributed by atoms with Crippen LogP contribution in [-0.4, -0.2) is 28.7 Å². The normalized spacial score (nSPS) is 10.4. The molecule has 0 aromatic carbocycles. The molecule has 1 aromatic heterocycles. The topological polar surface area (TPSA) is 101 Å². The number of carboxylic acids is 2. The van der Waals surface area contributed by atoms with Gasteiger partial charge in [0.05, 0.1) is 9.36 Å². The van der Waals surface area contributed by atoms with Crippen LogP contribution in [0.5, 0.6) is 0 Å². The number of aliphatic carboxylic acids is 2. The standard InChI is InChI=1S/C8H8BrNO2S.C2H4O2/c9-7-2-1-6(13-7)3-5(4-10)8(11)12;1-2(3)4/h1-3H,4,10H2,(H,11,12);1H3,(H,3,4). The summed E-state index contributed by atoms with van der Waals surface area (Å²) in [6.07, 6.45) is 1.58. The van der Waals surface area contributed by atoms with Crippen molar-refractivity contribution in [3.8, 4) is 0 Å². The first-order valence-electron chi connectivity index (χ1n) is 4.45. The summed E-state index contributed by atoms with van der Waals surface area (Å²) < 4.78 is 0.973. The van der Waals surface area contributed by atoms with Gasteiger partial charge in [0.1, 0.15) is 0 Å². The van der Waals surface area contributed by atoms with E-state index < -0.39 is 11.9 Å². The van der Waals surface area contributed by atoms with Gasteiger partial charge in [-0.3, -0.25) is 4.79 Å². The van der Waals surface area contributed by atoms with Gasteiger partial charge in [-0.15, -0.1) is 11.3 Å². The molecule has 1 rings (SSSR count). The van der Waals surface area contributed by atoms with Crippen LogP contribution in [0.3, 0.4) is 0 Å². The Kier molecular flexibility index (Phi) is 7.44. The van der Waals surface area contributed by atoms with E-state index in [2.05, 4.69) is 15.9 Å². The highest BCUT2D eigenvalue weighted by atomic mass is 79.9. The Bertz CT molecular complexity index is 424. The van der Waals surface area contributed by atoms with E-state index in [1.54, 1.807) is 6.08 Å². The van der Waals surface area contributed by atoms with E-state index in [1.807, 2.05) is 12.1 Å². The first-order chi connectivity index (χ1) is 7.86. The van der Waals surface area contributed by atoms with Crippen LogP contribution >= 0.6 is 27.3 Å². The monoisotopic (exact) mass is 321 g/mol. The second kappa shape index (κ2) is 7.99. The van der Waals surface area contributed by atoms with Gasteiger partial charge >= 0.3 is 5.97 Å². The molecular formula is C10H12BrNO4S. The Balaban J connectivity index is 0.000000557. The zero-order valence-corrected chi connectivity index (χ0v) is 11.4. The second-order valence-corrected chi connectivity index (χ2v) is 5.33. The van der Waals surface area contributed by atoms with E-state index >= 15 is 0 Å². The lowest BCUT2D eigenvalue weighted by atomic mass is 10.2. The first-order valence-corrected chi connectivity index (χ1v) is 6.06. The number of halogens is 1. The predicted octanol–water partition coefficient (Wildman–Crippen LogP) is 2.03. The van der Waals surface area contributed by atoms with Crippen molar-refractivity contribution in [2.24, 2.45) is 5.73 Å². The van der Waals surface area contributed by atoms with Crippen molar-refractivity contribution in [2.45, 2.75) is 6.92 Å². The number of hydrogen-bond donors (Lipinski definition) is 3. The van der Waals surface area contributed by atoms with Crippen molar-refractivity contribution in [3.05, 3.63) is 26.4 Å². The third-order valence-electron chi connectivity index (χ3n) is 1.41. The quantitative estimate of drug-likeness (QED) is 0.739. The van der Waals surface area contributed by atoms with E-state index in [4.69, 9.17) is 20.7 Å². The molecule has 0 spiro atoms. The predicted molar refractivity (Wildman–Crippen MR) is 70.0 cm³/mol. The van der Waals surface area contributed by atoms with Crippen LogP contribution in [-0.2, 0) is 9.59 Å². The Morgan fingerprint density at radius 2 is 2.00 bits per heavy atom. The average Bonchev–Trinajstić information content (AvgIpc) is 2.59. The van der Waals surface area contributed by atoms with Gasteiger partial charge in [-0.25, -0.2) is 4.79 Å². The minimum atomic E-state index is -0.966. The van der Waals surface area contributed by atoms with Crippen LogP contribution in [0.15, 0.2) is 21.5 Å². The lowest BCUT2D eigenvalue weighted by Crippen LogP contribution is -2.11. The number of nitrogens with two attached hydrogens (primary N) is 1.